The standard InChI is InChI=1S/C22H35NO/c1-22-11-10-18-17-7-5-16(23-12-2-3-13-23)14-15(17)4-6-19(18)20(22)8-9-21(22)24/h15-20H,2-14H2,1H3. The summed E-state index contributed by atoms with van der Waals surface area (Å²) in [7, 11) is 0. The van der Waals surface area contributed by atoms with Gasteiger partial charge in [-0.1, -0.05) is 6.92 Å². The van der Waals surface area contributed by atoms with Gasteiger partial charge in [0.25, 0.3) is 0 Å². The van der Waals surface area contributed by atoms with E-state index in [9.17, 15) is 4.79 Å². The molecule has 1 aliphatic heterocycles. The van der Waals surface area contributed by atoms with Gasteiger partial charge in [-0.25, -0.2) is 0 Å². The molecule has 2 nitrogen and oxygen atoms in total. The molecule has 0 aromatic heterocycles. The Balaban J connectivity index is 1.31. The normalized spacial score (nSPS) is 52.0. The maximum Gasteiger partial charge on any atom is 0.139 e. The lowest BCUT2D eigenvalue weighted by molar-refractivity contribution is -0.133. The van der Waals surface area contributed by atoms with Crippen LogP contribution in [0.25, 0.3) is 0 Å². The van der Waals surface area contributed by atoms with Gasteiger partial charge in [0.15, 0.2) is 0 Å². The number of likely N-dealkylation sites (tertiary alicyclic amines) is 1. The molecular formula is C22H35NO. The zero-order valence-electron chi connectivity index (χ0n) is 15.5. The van der Waals surface area contributed by atoms with Gasteiger partial charge in [0, 0.05) is 17.9 Å². The fourth-order valence-corrected chi connectivity index (χ4v) is 8.04. The summed E-state index contributed by atoms with van der Waals surface area (Å²) in [6, 6.07) is 0.909. The molecule has 5 aliphatic rings. The summed E-state index contributed by atoms with van der Waals surface area (Å²) in [5.41, 5.74) is 0.0702. The molecule has 0 spiro atoms. The van der Waals surface area contributed by atoms with Crippen LogP contribution in [0, 0.1) is 35.0 Å². The van der Waals surface area contributed by atoms with Crippen LogP contribution in [-0.2, 0) is 4.79 Å². The second kappa shape index (κ2) is 5.83. The van der Waals surface area contributed by atoms with E-state index in [2.05, 4.69) is 11.8 Å². The lowest BCUT2D eigenvalue weighted by Crippen LogP contribution is -2.50. The highest BCUT2D eigenvalue weighted by atomic mass is 16.1. The molecule has 4 saturated carbocycles. The lowest BCUT2D eigenvalue weighted by Gasteiger charge is -2.55. The summed E-state index contributed by atoms with van der Waals surface area (Å²) in [5.74, 6) is 5.20. The van der Waals surface area contributed by atoms with E-state index in [-0.39, 0.29) is 5.41 Å². The highest BCUT2D eigenvalue weighted by Crippen LogP contribution is 2.61. The van der Waals surface area contributed by atoms with Gasteiger partial charge in [-0.05, 0) is 107 Å². The highest BCUT2D eigenvalue weighted by molar-refractivity contribution is 5.87. The van der Waals surface area contributed by atoms with Gasteiger partial charge in [-0.15, -0.1) is 0 Å². The number of hydrogen-bond acceptors (Lipinski definition) is 2. The molecular weight excluding hydrogens is 294 g/mol. The number of rotatable bonds is 1. The molecule has 2 heteroatoms. The maximum absolute atomic E-state index is 12.5. The van der Waals surface area contributed by atoms with Crippen molar-refractivity contribution in [3.8, 4) is 0 Å². The minimum Gasteiger partial charge on any atom is -0.300 e. The van der Waals surface area contributed by atoms with Crippen molar-refractivity contribution in [2.45, 2.75) is 83.6 Å². The number of carbonyl (C=O) groups excluding carboxylic acids is 1. The van der Waals surface area contributed by atoms with E-state index in [0.29, 0.717) is 5.78 Å². The van der Waals surface area contributed by atoms with Crippen molar-refractivity contribution in [3.05, 3.63) is 0 Å². The van der Waals surface area contributed by atoms with E-state index in [4.69, 9.17) is 0 Å². The fraction of sp³-hybridized carbons (Fsp3) is 0.955. The van der Waals surface area contributed by atoms with Crippen molar-refractivity contribution < 1.29 is 4.79 Å². The summed E-state index contributed by atoms with van der Waals surface area (Å²) in [5, 5.41) is 0. The molecule has 24 heavy (non-hydrogen) atoms. The van der Waals surface area contributed by atoms with Crippen molar-refractivity contribution in [1.29, 1.82) is 0 Å². The van der Waals surface area contributed by atoms with E-state index < -0.39 is 0 Å². The van der Waals surface area contributed by atoms with Crippen molar-refractivity contribution in [3.63, 3.8) is 0 Å². The monoisotopic (exact) mass is 329 g/mol. The van der Waals surface area contributed by atoms with Crippen molar-refractivity contribution >= 4 is 5.78 Å². The third-order valence-electron chi connectivity index (χ3n) is 9.29. The van der Waals surface area contributed by atoms with E-state index >= 15 is 0 Å². The summed E-state index contributed by atoms with van der Waals surface area (Å²) >= 11 is 0. The first-order valence-corrected chi connectivity index (χ1v) is 10.9. The molecule has 134 valence electrons. The van der Waals surface area contributed by atoms with E-state index in [1.165, 1.54) is 77.3 Å². The first-order valence-electron chi connectivity index (χ1n) is 10.9. The van der Waals surface area contributed by atoms with E-state index in [1.54, 1.807) is 0 Å². The number of hydrogen-bond donors (Lipinski definition) is 0. The highest BCUT2D eigenvalue weighted by Gasteiger charge is 2.57. The van der Waals surface area contributed by atoms with Crippen LogP contribution in [0.15, 0.2) is 0 Å². The topological polar surface area (TPSA) is 20.3 Å². The van der Waals surface area contributed by atoms with Gasteiger partial charge in [0.05, 0.1) is 0 Å². The first-order chi connectivity index (χ1) is 11.7. The third-order valence-corrected chi connectivity index (χ3v) is 9.29. The predicted molar refractivity (Wildman–Crippen MR) is 96.7 cm³/mol. The van der Waals surface area contributed by atoms with Crippen LogP contribution in [0.5, 0.6) is 0 Å². The number of Topliss-reactive ketones (excluding diaryl/α,β-unsaturated/α-hetero) is 1. The molecule has 0 bridgehead atoms. The van der Waals surface area contributed by atoms with Crippen molar-refractivity contribution in [2.75, 3.05) is 13.1 Å². The summed E-state index contributed by atoms with van der Waals surface area (Å²) in [6.45, 7) is 5.06. The maximum atomic E-state index is 12.5. The molecule has 0 radical (unpaired) electrons. The molecule has 4 aliphatic carbocycles. The van der Waals surface area contributed by atoms with E-state index in [1.807, 2.05) is 0 Å². The average Bonchev–Trinajstić information content (AvgIpc) is 3.23. The summed E-state index contributed by atoms with van der Waals surface area (Å²) in [4.78, 5) is 15.3. The Morgan fingerprint density at radius 1 is 0.917 bits per heavy atom. The Labute approximate surface area is 147 Å². The zero-order chi connectivity index (χ0) is 16.3. The third kappa shape index (κ3) is 2.27. The molecule has 0 aromatic carbocycles. The number of fused-ring (bicyclic) bond motifs is 5. The Morgan fingerprint density at radius 3 is 2.54 bits per heavy atom. The van der Waals surface area contributed by atoms with Crippen molar-refractivity contribution in [2.24, 2.45) is 35.0 Å². The smallest absolute Gasteiger partial charge is 0.139 e. The molecule has 5 rings (SSSR count). The van der Waals surface area contributed by atoms with Gasteiger partial charge in [0.1, 0.15) is 5.78 Å². The number of ketones is 1. The zero-order valence-corrected chi connectivity index (χ0v) is 15.5. The molecule has 7 unspecified atom stereocenters. The molecule has 1 heterocycles. The Bertz CT molecular complexity index is 510. The molecule has 5 fully saturated rings. The van der Waals surface area contributed by atoms with E-state index in [0.717, 1.165) is 42.1 Å². The Morgan fingerprint density at radius 2 is 1.71 bits per heavy atom. The van der Waals surface area contributed by atoms with Gasteiger partial charge >= 0.3 is 0 Å². The van der Waals surface area contributed by atoms with Gasteiger partial charge in [0.2, 0.25) is 0 Å². The van der Waals surface area contributed by atoms with Crippen LogP contribution in [0.2, 0.25) is 0 Å². The van der Waals surface area contributed by atoms with Crippen molar-refractivity contribution in [1.82, 2.24) is 4.90 Å². The second-order valence-corrected chi connectivity index (χ2v) is 10.1. The van der Waals surface area contributed by atoms with Crippen LogP contribution < -0.4 is 0 Å². The SMILES string of the molecule is CC12CCC3C4CCC(N5CCCC5)CC4CCC3C1CCC2=O. The lowest BCUT2D eigenvalue weighted by atomic mass is 9.50. The Hall–Kier alpha value is -0.370. The van der Waals surface area contributed by atoms with Gasteiger partial charge in [-0.2, -0.15) is 0 Å². The average molecular weight is 330 g/mol. The number of nitrogens with zero attached hydrogens (tertiary/aromatic N) is 1. The molecule has 1 saturated heterocycles. The Kier molecular flexibility index (Phi) is 3.85. The minimum atomic E-state index is 0.0702. The first kappa shape index (κ1) is 15.9. The predicted octanol–water partition coefficient (Wildman–Crippen LogP) is 4.67. The second-order valence-electron chi connectivity index (χ2n) is 10.1. The molecule has 7 atom stereocenters. The van der Waals surface area contributed by atoms with Crippen LogP contribution in [0.1, 0.15) is 77.6 Å². The molecule has 0 N–H and O–H groups in total. The fourth-order valence-electron chi connectivity index (χ4n) is 8.04. The number of carbonyl (C=O) groups is 1. The van der Waals surface area contributed by atoms with Crippen LogP contribution in [0.4, 0.5) is 0 Å². The summed E-state index contributed by atoms with van der Waals surface area (Å²) in [6.07, 6.45) is 14.9. The van der Waals surface area contributed by atoms with Crippen LogP contribution >= 0.6 is 0 Å². The molecule has 0 aromatic rings. The van der Waals surface area contributed by atoms with Gasteiger partial charge in [-0.3, -0.25) is 4.79 Å². The van der Waals surface area contributed by atoms with Gasteiger partial charge < -0.3 is 4.90 Å². The summed E-state index contributed by atoms with van der Waals surface area (Å²) < 4.78 is 0. The quantitative estimate of drug-likeness (QED) is 0.696. The van der Waals surface area contributed by atoms with Crippen LogP contribution in [0.3, 0.4) is 0 Å². The largest absolute Gasteiger partial charge is 0.300 e. The minimum absolute atomic E-state index is 0.0702. The van der Waals surface area contributed by atoms with Crippen LogP contribution in [-0.4, -0.2) is 29.8 Å². The molecule has 0 amide bonds.